The van der Waals surface area contributed by atoms with Crippen LogP contribution in [-0.2, 0) is 4.74 Å². The van der Waals surface area contributed by atoms with Gasteiger partial charge in [0.1, 0.15) is 0 Å². The second-order valence-electron chi connectivity index (χ2n) is 3.83. The maximum absolute atomic E-state index is 5.42. The Morgan fingerprint density at radius 3 is 2.60 bits per heavy atom. The van der Waals surface area contributed by atoms with Crippen LogP contribution in [0.3, 0.4) is 0 Å². The third-order valence-electron chi connectivity index (χ3n) is 2.45. The third-order valence-corrected chi connectivity index (χ3v) is 2.45. The molecule has 4 heteroatoms. The predicted molar refractivity (Wildman–Crippen MR) is 63.2 cm³/mol. The van der Waals surface area contributed by atoms with Crippen molar-refractivity contribution in [1.29, 1.82) is 0 Å². The van der Waals surface area contributed by atoms with Gasteiger partial charge in [-0.15, -0.1) is 0 Å². The van der Waals surface area contributed by atoms with Crippen molar-refractivity contribution in [3.8, 4) is 0 Å². The Balaban J connectivity index is 2.30. The van der Waals surface area contributed by atoms with Gasteiger partial charge in [0.2, 0.25) is 0 Å². The minimum Gasteiger partial charge on any atom is -0.381 e. The van der Waals surface area contributed by atoms with Gasteiger partial charge in [-0.05, 0) is 26.7 Å². The van der Waals surface area contributed by atoms with Crippen molar-refractivity contribution in [2.45, 2.75) is 26.7 Å². The average Bonchev–Trinajstić information content (AvgIpc) is 2.28. The summed E-state index contributed by atoms with van der Waals surface area (Å²) in [4.78, 5) is 4.54. The van der Waals surface area contributed by atoms with E-state index in [1.165, 1.54) is 12.8 Å². The molecular weight excluding hydrogens is 190 g/mol. The van der Waals surface area contributed by atoms with Gasteiger partial charge in [-0.1, -0.05) is 0 Å². The lowest BCUT2D eigenvalue weighted by Gasteiger charge is -2.20. The van der Waals surface area contributed by atoms with Crippen molar-refractivity contribution in [2.24, 2.45) is 10.9 Å². The van der Waals surface area contributed by atoms with E-state index >= 15 is 0 Å². The maximum Gasteiger partial charge on any atom is 0.191 e. The lowest BCUT2D eigenvalue weighted by molar-refractivity contribution is 0.0582. The first-order valence-electron chi connectivity index (χ1n) is 5.96. The van der Waals surface area contributed by atoms with Crippen LogP contribution in [0.5, 0.6) is 0 Å². The fraction of sp³-hybridized carbons (Fsp3) is 0.909. The molecular formula is C11H23N3O. The predicted octanol–water partition coefficient (Wildman–Crippen LogP) is 0.988. The highest BCUT2D eigenvalue weighted by Crippen LogP contribution is 2.13. The molecule has 1 atom stereocenters. The molecule has 1 fully saturated rings. The van der Waals surface area contributed by atoms with Gasteiger partial charge in [-0.25, -0.2) is 0 Å². The summed E-state index contributed by atoms with van der Waals surface area (Å²) in [6.07, 6.45) is 2.42. The van der Waals surface area contributed by atoms with Crippen LogP contribution in [0.4, 0.5) is 0 Å². The minimum atomic E-state index is 0.603. The van der Waals surface area contributed by atoms with Gasteiger partial charge in [-0.2, -0.15) is 0 Å². The molecule has 0 saturated carbocycles. The molecule has 0 spiro atoms. The van der Waals surface area contributed by atoms with Crippen LogP contribution < -0.4 is 10.6 Å². The standard InChI is InChI=1S/C11H23N3O/c1-3-12-11(13-4-2)14-8-10-6-5-7-15-9-10/h10H,3-9H2,1-2H3,(H2,12,13,14)/t10-/m1/s1. The van der Waals surface area contributed by atoms with Gasteiger partial charge in [-0.3, -0.25) is 4.99 Å². The lowest BCUT2D eigenvalue weighted by Crippen LogP contribution is -2.37. The molecule has 2 N–H and O–H groups in total. The molecule has 1 heterocycles. The number of rotatable bonds is 4. The van der Waals surface area contributed by atoms with E-state index in [-0.39, 0.29) is 0 Å². The summed E-state index contributed by atoms with van der Waals surface area (Å²) in [5, 5.41) is 6.44. The molecule has 0 aliphatic carbocycles. The molecule has 15 heavy (non-hydrogen) atoms. The van der Waals surface area contributed by atoms with Crippen LogP contribution in [0.15, 0.2) is 4.99 Å². The number of nitrogens with one attached hydrogen (secondary N) is 2. The van der Waals surface area contributed by atoms with E-state index in [4.69, 9.17) is 4.74 Å². The number of guanidine groups is 1. The molecule has 1 aliphatic rings. The van der Waals surface area contributed by atoms with Gasteiger partial charge in [0.15, 0.2) is 5.96 Å². The van der Waals surface area contributed by atoms with Gasteiger partial charge >= 0.3 is 0 Å². The van der Waals surface area contributed by atoms with E-state index in [9.17, 15) is 0 Å². The number of hydrogen-bond donors (Lipinski definition) is 2. The zero-order valence-electron chi connectivity index (χ0n) is 9.88. The topological polar surface area (TPSA) is 45.7 Å². The number of nitrogens with zero attached hydrogens (tertiary/aromatic N) is 1. The molecule has 0 unspecified atom stereocenters. The summed E-state index contributed by atoms with van der Waals surface area (Å²) in [6, 6.07) is 0. The van der Waals surface area contributed by atoms with Crippen LogP contribution in [-0.4, -0.2) is 38.8 Å². The highest BCUT2D eigenvalue weighted by molar-refractivity contribution is 5.79. The van der Waals surface area contributed by atoms with Crippen molar-refractivity contribution in [2.75, 3.05) is 32.8 Å². The highest BCUT2D eigenvalue weighted by Gasteiger charge is 2.13. The largest absolute Gasteiger partial charge is 0.381 e. The van der Waals surface area contributed by atoms with Crippen LogP contribution in [0.2, 0.25) is 0 Å². The van der Waals surface area contributed by atoms with Crippen LogP contribution in [0.25, 0.3) is 0 Å². The Bertz CT molecular complexity index is 180. The Hall–Kier alpha value is -0.770. The fourth-order valence-electron chi connectivity index (χ4n) is 1.68. The molecule has 0 aromatic heterocycles. The zero-order chi connectivity index (χ0) is 10.9. The van der Waals surface area contributed by atoms with E-state index in [0.29, 0.717) is 5.92 Å². The molecule has 4 nitrogen and oxygen atoms in total. The van der Waals surface area contributed by atoms with Gasteiger partial charge in [0.05, 0.1) is 6.61 Å². The van der Waals surface area contributed by atoms with Crippen LogP contribution in [0, 0.1) is 5.92 Å². The first-order valence-corrected chi connectivity index (χ1v) is 5.96. The molecule has 0 aromatic carbocycles. The summed E-state index contributed by atoms with van der Waals surface area (Å²) in [5.41, 5.74) is 0. The van der Waals surface area contributed by atoms with E-state index < -0.39 is 0 Å². The van der Waals surface area contributed by atoms with Crippen molar-refractivity contribution < 1.29 is 4.74 Å². The molecule has 1 saturated heterocycles. The lowest BCUT2D eigenvalue weighted by atomic mass is 10.0. The molecule has 1 aliphatic heterocycles. The monoisotopic (exact) mass is 213 g/mol. The second kappa shape index (κ2) is 7.51. The second-order valence-corrected chi connectivity index (χ2v) is 3.83. The molecule has 1 rings (SSSR count). The van der Waals surface area contributed by atoms with Gasteiger partial charge in [0.25, 0.3) is 0 Å². The number of aliphatic imine (C=N–C) groups is 1. The highest BCUT2D eigenvalue weighted by atomic mass is 16.5. The van der Waals surface area contributed by atoms with Crippen LogP contribution in [0.1, 0.15) is 26.7 Å². The molecule has 0 radical (unpaired) electrons. The molecule has 0 amide bonds. The zero-order valence-corrected chi connectivity index (χ0v) is 9.88. The molecule has 0 bridgehead atoms. The Labute approximate surface area is 92.5 Å². The first kappa shape index (κ1) is 12.3. The summed E-state index contributed by atoms with van der Waals surface area (Å²) in [7, 11) is 0. The summed E-state index contributed by atoms with van der Waals surface area (Å²) in [5.74, 6) is 1.52. The van der Waals surface area contributed by atoms with Crippen molar-refractivity contribution in [3.63, 3.8) is 0 Å². The van der Waals surface area contributed by atoms with Crippen molar-refractivity contribution in [3.05, 3.63) is 0 Å². The van der Waals surface area contributed by atoms with E-state index in [1.54, 1.807) is 0 Å². The number of ether oxygens (including phenoxy) is 1. The van der Waals surface area contributed by atoms with E-state index in [0.717, 1.165) is 38.8 Å². The quantitative estimate of drug-likeness (QED) is 0.541. The summed E-state index contributed by atoms with van der Waals surface area (Å²) < 4.78 is 5.42. The summed E-state index contributed by atoms with van der Waals surface area (Å²) in [6.45, 7) is 8.64. The van der Waals surface area contributed by atoms with Crippen molar-refractivity contribution >= 4 is 5.96 Å². The average molecular weight is 213 g/mol. The van der Waals surface area contributed by atoms with Crippen LogP contribution >= 0.6 is 0 Å². The third kappa shape index (κ3) is 5.02. The van der Waals surface area contributed by atoms with Crippen molar-refractivity contribution in [1.82, 2.24) is 10.6 Å². The fourth-order valence-corrected chi connectivity index (χ4v) is 1.68. The first-order chi connectivity index (χ1) is 7.36. The van der Waals surface area contributed by atoms with E-state index in [1.807, 2.05) is 0 Å². The molecule has 88 valence electrons. The smallest absolute Gasteiger partial charge is 0.191 e. The molecule has 0 aromatic rings. The summed E-state index contributed by atoms with van der Waals surface area (Å²) >= 11 is 0. The Morgan fingerprint density at radius 1 is 1.33 bits per heavy atom. The van der Waals surface area contributed by atoms with E-state index in [2.05, 4.69) is 29.5 Å². The normalized spacial score (nSPS) is 20.8. The van der Waals surface area contributed by atoms with Gasteiger partial charge in [0, 0.05) is 32.2 Å². The van der Waals surface area contributed by atoms with Gasteiger partial charge < -0.3 is 15.4 Å². The SMILES string of the molecule is CCNC(=NC[C@H]1CCCOC1)NCC. The number of hydrogen-bond acceptors (Lipinski definition) is 2. The Morgan fingerprint density at radius 2 is 2.07 bits per heavy atom. The Kier molecular flexibility index (Phi) is 6.16. The maximum atomic E-state index is 5.42. The minimum absolute atomic E-state index is 0.603.